The summed E-state index contributed by atoms with van der Waals surface area (Å²) in [6.45, 7) is 7.97. The lowest BCUT2D eigenvalue weighted by Crippen LogP contribution is -2.45. The highest BCUT2D eigenvalue weighted by atomic mass is 35.5. The first-order chi connectivity index (χ1) is 9.52. The van der Waals surface area contributed by atoms with Crippen LogP contribution in [0.3, 0.4) is 0 Å². The van der Waals surface area contributed by atoms with Crippen LogP contribution in [0.2, 0.25) is 5.02 Å². The molecule has 0 aromatic heterocycles. The number of hydrogen-bond acceptors (Lipinski definition) is 2. The maximum Gasteiger partial charge on any atom is 0.256 e. The number of carbonyl (C=O) groups is 1. The number of rotatable bonds is 3. The topological polar surface area (TPSA) is 32.3 Å². The largest absolute Gasteiger partial charge is 0.385 e. The van der Waals surface area contributed by atoms with Crippen LogP contribution < -0.4 is 5.32 Å². The van der Waals surface area contributed by atoms with Crippen molar-refractivity contribution in [2.45, 2.75) is 39.7 Å². The van der Waals surface area contributed by atoms with Crippen molar-refractivity contribution in [3.63, 3.8) is 0 Å². The van der Waals surface area contributed by atoms with E-state index in [4.69, 9.17) is 11.6 Å². The number of piperidine rings is 1. The molecule has 1 fully saturated rings. The third-order valence-electron chi connectivity index (χ3n) is 3.96. The number of benzene rings is 1. The van der Waals surface area contributed by atoms with E-state index in [-0.39, 0.29) is 5.91 Å². The van der Waals surface area contributed by atoms with E-state index in [1.807, 2.05) is 24.0 Å². The van der Waals surface area contributed by atoms with Gasteiger partial charge in [0.2, 0.25) is 0 Å². The fraction of sp³-hybridized carbons (Fsp3) is 0.562. The summed E-state index contributed by atoms with van der Waals surface area (Å²) in [5.74, 6) is 0.652. The molecule has 4 heteroatoms. The Morgan fingerprint density at radius 3 is 2.85 bits per heavy atom. The van der Waals surface area contributed by atoms with Crippen LogP contribution in [0.4, 0.5) is 5.69 Å². The van der Waals surface area contributed by atoms with Gasteiger partial charge in [0, 0.05) is 29.8 Å². The van der Waals surface area contributed by atoms with Gasteiger partial charge in [-0.3, -0.25) is 4.79 Å². The van der Waals surface area contributed by atoms with Crippen molar-refractivity contribution >= 4 is 23.2 Å². The molecule has 0 radical (unpaired) electrons. The summed E-state index contributed by atoms with van der Waals surface area (Å²) < 4.78 is 0. The van der Waals surface area contributed by atoms with Crippen molar-refractivity contribution in [1.29, 1.82) is 0 Å². The van der Waals surface area contributed by atoms with Crippen molar-refractivity contribution in [3.05, 3.63) is 28.8 Å². The van der Waals surface area contributed by atoms with Crippen molar-refractivity contribution in [2.75, 3.05) is 18.4 Å². The molecular formula is C16H23ClN2O. The summed E-state index contributed by atoms with van der Waals surface area (Å²) in [6.07, 6.45) is 2.27. The maximum atomic E-state index is 12.8. The molecule has 110 valence electrons. The van der Waals surface area contributed by atoms with Crippen LogP contribution in [-0.2, 0) is 0 Å². The van der Waals surface area contributed by atoms with Crippen molar-refractivity contribution in [2.24, 2.45) is 5.92 Å². The molecule has 0 spiro atoms. The van der Waals surface area contributed by atoms with Crippen LogP contribution in [0.5, 0.6) is 0 Å². The van der Waals surface area contributed by atoms with E-state index < -0.39 is 0 Å². The predicted octanol–water partition coefficient (Wildman–Crippen LogP) is 4.03. The molecule has 3 nitrogen and oxygen atoms in total. The number of halogens is 1. The van der Waals surface area contributed by atoms with Crippen molar-refractivity contribution in [1.82, 2.24) is 4.90 Å². The average molecular weight is 295 g/mol. The SMILES string of the molecule is CCNc1ccc(Cl)cc1C(=O)N1CC(C)CCC1C. The summed E-state index contributed by atoms with van der Waals surface area (Å²) in [4.78, 5) is 14.8. The third-order valence-corrected chi connectivity index (χ3v) is 4.19. The van der Waals surface area contributed by atoms with E-state index >= 15 is 0 Å². The first-order valence-corrected chi connectivity index (χ1v) is 7.75. The van der Waals surface area contributed by atoms with Crippen LogP contribution in [0.15, 0.2) is 18.2 Å². The Hall–Kier alpha value is -1.22. The van der Waals surface area contributed by atoms with E-state index in [2.05, 4.69) is 19.2 Å². The summed E-state index contributed by atoms with van der Waals surface area (Å²) in [5.41, 5.74) is 1.55. The highest BCUT2D eigenvalue weighted by molar-refractivity contribution is 6.31. The van der Waals surface area contributed by atoms with E-state index in [1.165, 1.54) is 6.42 Å². The second kappa shape index (κ2) is 6.49. The van der Waals surface area contributed by atoms with Crippen LogP contribution >= 0.6 is 11.6 Å². The zero-order valence-electron chi connectivity index (χ0n) is 12.4. The fourth-order valence-electron chi connectivity index (χ4n) is 2.76. The van der Waals surface area contributed by atoms with Gasteiger partial charge in [0.05, 0.1) is 5.56 Å². The normalized spacial score (nSPS) is 22.7. The Labute approximate surface area is 126 Å². The van der Waals surface area contributed by atoms with Crippen molar-refractivity contribution in [3.8, 4) is 0 Å². The van der Waals surface area contributed by atoms with Gasteiger partial charge in [-0.1, -0.05) is 18.5 Å². The van der Waals surface area contributed by atoms with Crippen LogP contribution in [-0.4, -0.2) is 29.9 Å². The Kier molecular flexibility index (Phi) is 4.92. The minimum atomic E-state index is 0.0856. The molecule has 1 N–H and O–H groups in total. The van der Waals surface area contributed by atoms with Gasteiger partial charge >= 0.3 is 0 Å². The third kappa shape index (κ3) is 3.26. The molecule has 0 aliphatic carbocycles. The van der Waals surface area contributed by atoms with Gasteiger partial charge in [0.1, 0.15) is 0 Å². The Bertz CT molecular complexity index is 489. The molecule has 0 bridgehead atoms. The van der Waals surface area contributed by atoms with Gasteiger partial charge in [0.25, 0.3) is 5.91 Å². The lowest BCUT2D eigenvalue weighted by Gasteiger charge is -2.37. The zero-order valence-corrected chi connectivity index (χ0v) is 13.2. The van der Waals surface area contributed by atoms with E-state index in [0.717, 1.165) is 25.2 Å². The molecular weight excluding hydrogens is 272 g/mol. The van der Waals surface area contributed by atoms with E-state index in [1.54, 1.807) is 6.07 Å². The van der Waals surface area contributed by atoms with E-state index in [0.29, 0.717) is 22.5 Å². The first-order valence-electron chi connectivity index (χ1n) is 7.37. The molecule has 2 atom stereocenters. The molecule has 2 rings (SSSR count). The quantitative estimate of drug-likeness (QED) is 0.913. The molecule has 1 aromatic carbocycles. The molecule has 1 heterocycles. The molecule has 0 saturated carbocycles. The lowest BCUT2D eigenvalue weighted by molar-refractivity contribution is 0.0575. The summed E-state index contributed by atoms with van der Waals surface area (Å²) in [6, 6.07) is 5.77. The Morgan fingerprint density at radius 1 is 1.40 bits per heavy atom. The second-order valence-corrected chi connectivity index (χ2v) is 6.15. The number of carbonyl (C=O) groups excluding carboxylic acids is 1. The number of amides is 1. The van der Waals surface area contributed by atoms with Crippen LogP contribution in [0.25, 0.3) is 0 Å². The molecule has 1 amide bonds. The second-order valence-electron chi connectivity index (χ2n) is 5.71. The molecule has 1 aliphatic rings. The van der Waals surface area contributed by atoms with Crippen LogP contribution in [0.1, 0.15) is 44.0 Å². The summed E-state index contributed by atoms with van der Waals surface area (Å²) in [7, 11) is 0. The van der Waals surface area contributed by atoms with Gasteiger partial charge < -0.3 is 10.2 Å². The van der Waals surface area contributed by atoms with Crippen molar-refractivity contribution < 1.29 is 4.79 Å². The van der Waals surface area contributed by atoms with Gasteiger partial charge in [-0.15, -0.1) is 0 Å². The minimum absolute atomic E-state index is 0.0856. The van der Waals surface area contributed by atoms with E-state index in [9.17, 15) is 4.79 Å². The highest BCUT2D eigenvalue weighted by Gasteiger charge is 2.28. The number of anilines is 1. The number of hydrogen-bond donors (Lipinski definition) is 1. The van der Waals surface area contributed by atoms with Gasteiger partial charge in [-0.2, -0.15) is 0 Å². The zero-order chi connectivity index (χ0) is 14.7. The molecule has 1 aliphatic heterocycles. The minimum Gasteiger partial charge on any atom is -0.385 e. The Morgan fingerprint density at radius 2 is 2.15 bits per heavy atom. The summed E-state index contributed by atoms with van der Waals surface area (Å²) >= 11 is 6.07. The monoisotopic (exact) mass is 294 g/mol. The van der Waals surface area contributed by atoms with Gasteiger partial charge in [0.15, 0.2) is 0 Å². The van der Waals surface area contributed by atoms with Crippen LogP contribution in [0, 0.1) is 5.92 Å². The lowest BCUT2D eigenvalue weighted by atomic mass is 9.94. The predicted molar refractivity (Wildman–Crippen MR) is 84.5 cm³/mol. The number of nitrogens with one attached hydrogen (secondary N) is 1. The smallest absolute Gasteiger partial charge is 0.256 e. The summed E-state index contributed by atoms with van der Waals surface area (Å²) in [5, 5.41) is 3.85. The standard InChI is InChI=1S/C16H23ClN2O/c1-4-18-15-8-7-13(17)9-14(15)16(20)19-10-11(2)5-6-12(19)3/h7-9,11-12,18H,4-6,10H2,1-3H3. The van der Waals surface area contributed by atoms with Gasteiger partial charge in [-0.25, -0.2) is 0 Å². The molecule has 1 saturated heterocycles. The first kappa shape index (κ1) is 15.2. The Balaban J connectivity index is 2.29. The fourth-order valence-corrected chi connectivity index (χ4v) is 2.94. The molecule has 2 unspecified atom stereocenters. The number of likely N-dealkylation sites (tertiary alicyclic amines) is 1. The molecule has 1 aromatic rings. The van der Waals surface area contributed by atoms with Gasteiger partial charge in [-0.05, 0) is 50.8 Å². The number of nitrogens with zero attached hydrogens (tertiary/aromatic N) is 1. The maximum absolute atomic E-state index is 12.8. The highest BCUT2D eigenvalue weighted by Crippen LogP contribution is 2.27. The molecule has 20 heavy (non-hydrogen) atoms. The average Bonchev–Trinajstić information content (AvgIpc) is 2.43.